The summed E-state index contributed by atoms with van der Waals surface area (Å²) in [6.07, 6.45) is 0. The number of carbonyl (C=O) groups is 1. The van der Waals surface area contributed by atoms with Gasteiger partial charge >= 0.3 is 5.97 Å². The van der Waals surface area contributed by atoms with Gasteiger partial charge < -0.3 is 15.9 Å². The molecule has 0 aliphatic rings. The molecule has 4 N–H and O–H groups in total. The van der Waals surface area contributed by atoms with Crippen LogP contribution >= 0.6 is 0 Å². The lowest BCUT2D eigenvalue weighted by Crippen LogP contribution is -2.21. The van der Waals surface area contributed by atoms with E-state index in [4.69, 9.17) is 10.8 Å². The summed E-state index contributed by atoms with van der Waals surface area (Å²) < 4.78 is 13.0. The molecule has 0 spiro atoms. The van der Waals surface area contributed by atoms with Gasteiger partial charge in [-0.15, -0.1) is 0 Å². The molecule has 0 aliphatic carbocycles. The van der Waals surface area contributed by atoms with Crippen LogP contribution < -0.4 is 5.73 Å². The van der Waals surface area contributed by atoms with Crippen molar-refractivity contribution in [2.24, 2.45) is 5.73 Å². The van der Waals surface area contributed by atoms with Gasteiger partial charge in [-0.1, -0.05) is 0 Å². The second-order valence-electron chi connectivity index (χ2n) is 2.98. The van der Waals surface area contributed by atoms with Crippen molar-refractivity contribution in [3.05, 3.63) is 29.1 Å². The average Bonchev–Trinajstić information content (AvgIpc) is 2.10. The lowest BCUT2D eigenvalue weighted by Gasteiger charge is -2.10. The Balaban J connectivity index is 3.22. The zero-order chi connectivity index (χ0) is 10.9. The smallest absolute Gasteiger partial charge is 0.325 e. The standard InChI is InChI=1S/C9H10FNO3/c1-4-2-7(12)5(3-6(4)10)8(11)9(13)14/h2-3,8,12H,11H2,1H3,(H,13,14). The average molecular weight is 199 g/mol. The van der Waals surface area contributed by atoms with Crippen molar-refractivity contribution >= 4 is 5.97 Å². The summed E-state index contributed by atoms with van der Waals surface area (Å²) in [5, 5.41) is 17.9. The molecular formula is C9H10FNO3. The first-order valence-electron chi connectivity index (χ1n) is 3.91. The van der Waals surface area contributed by atoms with Crippen LogP contribution in [0.2, 0.25) is 0 Å². The summed E-state index contributed by atoms with van der Waals surface area (Å²) in [6.45, 7) is 1.46. The van der Waals surface area contributed by atoms with Crippen LogP contribution in [-0.4, -0.2) is 16.2 Å². The number of aromatic hydroxyl groups is 1. The lowest BCUT2D eigenvalue weighted by molar-refractivity contribution is -0.138. The van der Waals surface area contributed by atoms with Gasteiger partial charge in [0.25, 0.3) is 0 Å². The molecule has 0 aliphatic heterocycles. The summed E-state index contributed by atoms with van der Waals surface area (Å²) in [5.41, 5.74) is 5.35. The number of carboxylic acids is 1. The van der Waals surface area contributed by atoms with Gasteiger partial charge in [-0.2, -0.15) is 0 Å². The molecule has 14 heavy (non-hydrogen) atoms. The highest BCUT2D eigenvalue weighted by Crippen LogP contribution is 2.25. The van der Waals surface area contributed by atoms with Crippen LogP contribution in [-0.2, 0) is 4.79 Å². The van der Waals surface area contributed by atoms with E-state index in [9.17, 15) is 14.3 Å². The minimum absolute atomic E-state index is 0.124. The van der Waals surface area contributed by atoms with E-state index in [1.165, 1.54) is 6.92 Å². The van der Waals surface area contributed by atoms with E-state index in [0.29, 0.717) is 0 Å². The Morgan fingerprint density at radius 1 is 1.57 bits per heavy atom. The Labute approximate surface area is 79.8 Å². The molecule has 1 atom stereocenters. The SMILES string of the molecule is Cc1cc(O)c(C(N)C(=O)O)cc1F. The van der Waals surface area contributed by atoms with Gasteiger partial charge in [0, 0.05) is 5.56 Å². The van der Waals surface area contributed by atoms with Gasteiger partial charge in [0.1, 0.15) is 17.6 Å². The topological polar surface area (TPSA) is 83.5 Å². The number of aliphatic carboxylic acids is 1. The van der Waals surface area contributed by atoms with Crippen molar-refractivity contribution in [3.8, 4) is 5.75 Å². The Kier molecular flexibility index (Phi) is 2.71. The number of phenols is 1. The van der Waals surface area contributed by atoms with Crippen LogP contribution in [0.15, 0.2) is 12.1 Å². The minimum Gasteiger partial charge on any atom is -0.508 e. The highest BCUT2D eigenvalue weighted by molar-refractivity contribution is 5.76. The van der Waals surface area contributed by atoms with E-state index in [1.54, 1.807) is 0 Å². The van der Waals surface area contributed by atoms with Gasteiger partial charge in [0.2, 0.25) is 0 Å². The minimum atomic E-state index is -1.41. The van der Waals surface area contributed by atoms with Crippen molar-refractivity contribution < 1.29 is 19.4 Å². The number of phenolic OH excluding ortho intramolecular Hbond substituents is 1. The first-order chi connectivity index (χ1) is 6.43. The molecule has 1 rings (SSSR count). The van der Waals surface area contributed by atoms with Gasteiger partial charge in [-0.25, -0.2) is 4.39 Å². The third-order valence-electron chi connectivity index (χ3n) is 1.91. The Morgan fingerprint density at radius 2 is 2.14 bits per heavy atom. The van der Waals surface area contributed by atoms with E-state index >= 15 is 0 Å². The molecule has 1 unspecified atom stereocenters. The van der Waals surface area contributed by atoms with E-state index in [2.05, 4.69) is 0 Å². The van der Waals surface area contributed by atoms with Crippen molar-refractivity contribution in [2.45, 2.75) is 13.0 Å². The maximum Gasteiger partial charge on any atom is 0.325 e. The van der Waals surface area contributed by atoms with E-state index in [0.717, 1.165) is 12.1 Å². The molecule has 0 saturated carbocycles. The first-order valence-corrected chi connectivity index (χ1v) is 3.91. The normalized spacial score (nSPS) is 12.5. The van der Waals surface area contributed by atoms with Gasteiger partial charge in [0.15, 0.2) is 0 Å². The van der Waals surface area contributed by atoms with Crippen LogP contribution in [0.1, 0.15) is 17.2 Å². The maximum atomic E-state index is 13.0. The largest absolute Gasteiger partial charge is 0.508 e. The Bertz CT molecular complexity index is 379. The Morgan fingerprint density at radius 3 is 2.64 bits per heavy atom. The first kappa shape index (κ1) is 10.5. The highest BCUT2D eigenvalue weighted by Gasteiger charge is 2.19. The second-order valence-corrected chi connectivity index (χ2v) is 2.98. The molecule has 5 heteroatoms. The van der Waals surface area contributed by atoms with Crippen molar-refractivity contribution in [1.29, 1.82) is 0 Å². The van der Waals surface area contributed by atoms with Gasteiger partial charge in [-0.05, 0) is 24.6 Å². The number of halogens is 1. The number of hydrogen-bond donors (Lipinski definition) is 3. The molecular weight excluding hydrogens is 189 g/mol. The van der Waals surface area contributed by atoms with Crippen molar-refractivity contribution in [3.63, 3.8) is 0 Å². The number of aryl methyl sites for hydroxylation is 1. The third-order valence-corrected chi connectivity index (χ3v) is 1.91. The zero-order valence-corrected chi connectivity index (χ0v) is 7.49. The third kappa shape index (κ3) is 1.82. The molecule has 1 aromatic carbocycles. The summed E-state index contributed by atoms with van der Waals surface area (Å²) in [4.78, 5) is 10.5. The molecule has 0 bridgehead atoms. The molecule has 76 valence electrons. The second kappa shape index (κ2) is 3.63. The fraction of sp³-hybridized carbons (Fsp3) is 0.222. The molecule has 4 nitrogen and oxygen atoms in total. The molecule has 0 fully saturated rings. The van der Waals surface area contributed by atoms with E-state index in [-0.39, 0.29) is 16.9 Å². The predicted molar refractivity (Wildman–Crippen MR) is 47.4 cm³/mol. The molecule has 0 radical (unpaired) electrons. The molecule has 0 aromatic heterocycles. The fourth-order valence-corrected chi connectivity index (χ4v) is 1.06. The van der Waals surface area contributed by atoms with Crippen LogP contribution in [0, 0.1) is 12.7 Å². The number of rotatable bonds is 2. The zero-order valence-electron chi connectivity index (χ0n) is 7.49. The summed E-state index contributed by atoms with van der Waals surface area (Å²) in [6, 6.07) is 0.668. The molecule has 1 aromatic rings. The maximum absolute atomic E-state index is 13.0. The van der Waals surface area contributed by atoms with E-state index in [1.807, 2.05) is 0 Å². The molecule has 0 saturated heterocycles. The van der Waals surface area contributed by atoms with Crippen LogP contribution in [0.4, 0.5) is 4.39 Å². The van der Waals surface area contributed by atoms with Gasteiger partial charge in [-0.3, -0.25) is 4.79 Å². The van der Waals surface area contributed by atoms with Crippen molar-refractivity contribution in [1.82, 2.24) is 0 Å². The Hall–Kier alpha value is -1.62. The summed E-state index contributed by atoms with van der Waals surface area (Å²) in [5.74, 6) is -2.21. The highest BCUT2D eigenvalue weighted by atomic mass is 19.1. The van der Waals surface area contributed by atoms with E-state index < -0.39 is 17.8 Å². The van der Waals surface area contributed by atoms with Crippen LogP contribution in [0.25, 0.3) is 0 Å². The number of benzene rings is 1. The molecule has 0 amide bonds. The summed E-state index contributed by atoms with van der Waals surface area (Å²) in [7, 11) is 0. The monoisotopic (exact) mass is 199 g/mol. The lowest BCUT2D eigenvalue weighted by atomic mass is 10.0. The van der Waals surface area contributed by atoms with Crippen molar-refractivity contribution in [2.75, 3.05) is 0 Å². The van der Waals surface area contributed by atoms with Gasteiger partial charge in [0.05, 0.1) is 0 Å². The predicted octanol–water partition coefficient (Wildman–Crippen LogP) is 0.924. The number of hydrogen-bond acceptors (Lipinski definition) is 3. The van der Waals surface area contributed by atoms with Crippen LogP contribution in [0.3, 0.4) is 0 Å². The fourth-order valence-electron chi connectivity index (χ4n) is 1.06. The number of carboxylic acid groups (broad SMARTS) is 1. The van der Waals surface area contributed by atoms with Crippen LogP contribution in [0.5, 0.6) is 5.75 Å². The molecule has 0 heterocycles. The summed E-state index contributed by atoms with van der Waals surface area (Å²) >= 11 is 0. The number of nitrogens with two attached hydrogens (primary N) is 1. The quantitative estimate of drug-likeness (QED) is 0.661.